The zero-order chi connectivity index (χ0) is 21.6. The third-order valence-corrected chi connectivity index (χ3v) is 5.85. The Hall–Kier alpha value is -2.96. The van der Waals surface area contributed by atoms with Gasteiger partial charge in [-0.05, 0) is 24.1 Å². The number of carbonyl (C=O) groups is 3. The maximum Gasteiger partial charge on any atom is 0.261 e. The number of hydrogen-bond acceptors (Lipinski definition) is 4. The Bertz CT molecular complexity index is 950. The lowest BCUT2D eigenvalue weighted by atomic mass is 10.1. The lowest BCUT2D eigenvalue weighted by Gasteiger charge is -2.34. The number of hydrogen-bond donors (Lipinski definition) is 0. The van der Waals surface area contributed by atoms with Gasteiger partial charge in [0, 0.05) is 45.7 Å². The highest BCUT2D eigenvalue weighted by molar-refractivity contribution is 6.21. The topological polar surface area (TPSA) is 60.9 Å². The molecule has 0 N–H and O–H groups in total. The second-order valence-electron chi connectivity index (χ2n) is 7.91. The van der Waals surface area contributed by atoms with Crippen molar-refractivity contribution in [1.82, 2.24) is 14.7 Å². The van der Waals surface area contributed by atoms with Crippen LogP contribution in [0, 0.1) is 0 Å². The number of amides is 3. The van der Waals surface area contributed by atoms with Crippen LogP contribution in [0.1, 0.15) is 39.1 Å². The average molecular weight is 454 g/mol. The Kier molecular flexibility index (Phi) is 8.20. The fourth-order valence-corrected chi connectivity index (χ4v) is 4.07. The van der Waals surface area contributed by atoms with Crippen molar-refractivity contribution in [2.24, 2.45) is 0 Å². The quantitative estimate of drug-likeness (QED) is 0.603. The maximum atomic E-state index is 12.6. The first-order valence-corrected chi connectivity index (χ1v) is 10.8. The number of halogens is 1. The summed E-state index contributed by atoms with van der Waals surface area (Å²) in [6.07, 6.45) is 5.12. The molecule has 0 unspecified atom stereocenters. The number of imide groups is 1. The largest absolute Gasteiger partial charge is 0.340 e. The van der Waals surface area contributed by atoms with E-state index >= 15 is 0 Å². The Morgan fingerprint density at radius 2 is 1.44 bits per heavy atom. The molecule has 0 radical (unpaired) electrons. The Morgan fingerprint density at radius 1 is 0.844 bits per heavy atom. The van der Waals surface area contributed by atoms with Crippen molar-refractivity contribution in [2.45, 2.75) is 12.8 Å². The predicted molar refractivity (Wildman–Crippen MR) is 127 cm³/mol. The summed E-state index contributed by atoms with van der Waals surface area (Å²) in [7, 11) is 0. The summed E-state index contributed by atoms with van der Waals surface area (Å²) in [5.41, 5.74) is 2.10. The standard InChI is InChI=1S/C25H27N3O3.ClH/c29-23(13-7-15-28-24(30)21-11-4-5-12-22(21)25(28)31)27-18-16-26(17-19-27)14-6-10-20-8-2-1-3-9-20;/h1-6,8-12H,7,13-19H2;1H. The monoisotopic (exact) mass is 453 g/mol. The molecule has 2 aromatic carbocycles. The highest BCUT2D eigenvalue weighted by atomic mass is 35.5. The van der Waals surface area contributed by atoms with Crippen molar-refractivity contribution in [1.29, 1.82) is 0 Å². The van der Waals surface area contributed by atoms with Gasteiger partial charge in [-0.15, -0.1) is 12.4 Å². The van der Waals surface area contributed by atoms with Crippen LogP contribution in [0.25, 0.3) is 6.08 Å². The van der Waals surface area contributed by atoms with Crippen molar-refractivity contribution < 1.29 is 14.4 Å². The number of piperazine rings is 1. The zero-order valence-corrected chi connectivity index (χ0v) is 18.8. The van der Waals surface area contributed by atoms with Gasteiger partial charge in [-0.3, -0.25) is 24.2 Å². The summed E-state index contributed by atoms with van der Waals surface area (Å²) in [5.74, 6) is -0.425. The number of fused-ring (bicyclic) bond motifs is 1. The lowest BCUT2D eigenvalue weighted by molar-refractivity contribution is -0.133. The SMILES string of the molecule is Cl.O=C(CCCN1C(=O)c2ccccc2C1=O)N1CCN(CC=Cc2ccccc2)CC1. The minimum Gasteiger partial charge on any atom is -0.340 e. The summed E-state index contributed by atoms with van der Waals surface area (Å²) < 4.78 is 0. The van der Waals surface area contributed by atoms with E-state index in [9.17, 15) is 14.4 Å². The van der Waals surface area contributed by atoms with Gasteiger partial charge in [0.25, 0.3) is 11.8 Å². The van der Waals surface area contributed by atoms with Crippen molar-refractivity contribution in [3.8, 4) is 0 Å². The first kappa shape index (κ1) is 23.7. The fourth-order valence-electron chi connectivity index (χ4n) is 4.07. The van der Waals surface area contributed by atoms with Crippen LogP contribution < -0.4 is 0 Å². The highest BCUT2D eigenvalue weighted by Crippen LogP contribution is 2.22. The van der Waals surface area contributed by atoms with E-state index < -0.39 is 0 Å². The van der Waals surface area contributed by atoms with Crippen molar-refractivity contribution in [2.75, 3.05) is 39.3 Å². The van der Waals surface area contributed by atoms with Crippen LogP contribution in [0.5, 0.6) is 0 Å². The predicted octanol–water partition coefficient (Wildman–Crippen LogP) is 3.34. The van der Waals surface area contributed by atoms with E-state index in [1.807, 2.05) is 23.1 Å². The first-order valence-electron chi connectivity index (χ1n) is 10.8. The van der Waals surface area contributed by atoms with Gasteiger partial charge in [-0.1, -0.05) is 54.6 Å². The summed E-state index contributed by atoms with van der Waals surface area (Å²) in [4.78, 5) is 42.8. The van der Waals surface area contributed by atoms with Crippen LogP contribution in [0.15, 0.2) is 60.7 Å². The molecule has 1 saturated heterocycles. The molecule has 0 aromatic heterocycles. The fraction of sp³-hybridized carbons (Fsp3) is 0.320. The van der Waals surface area contributed by atoms with Gasteiger partial charge in [0.2, 0.25) is 5.91 Å². The van der Waals surface area contributed by atoms with Crippen LogP contribution in [0.4, 0.5) is 0 Å². The molecule has 2 aliphatic heterocycles. The molecule has 0 bridgehead atoms. The van der Waals surface area contributed by atoms with E-state index in [1.165, 1.54) is 10.5 Å². The Balaban J connectivity index is 0.00000289. The van der Waals surface area contributed by atoms with Gasteiger partial charge in [-0.25, -0.2) is 0 Å². The van der Waals surface area contributed by atoms with Gasteiger partial charge >= 0.3 is 0 Å². The van der Waals surface area contributed by atoms with Crippen LogP contribution in [0.2, 0.25) is 0 Å². The summed E-state index contributed by atoms with van der Waals surface area (Å²) in [6.45, 7) is 4.28. The molecule has 168 valence electrons. The number of nitrogens with zero attached hydrogens (tertiary/aromatic N) is 3. The molecule has 0 atom stereocenters. The second-order valence-corrected chi connectivity index (χ2v) is 7.91. The van der Waals surface area contributed by atoms with Gasteiger partial charge in [0.15, 0.2) is 0 Å². The molecule has 6 nitrogen and oxygen atoms in total. The van der Waals surface area contributed by atoms with E-state index in [0.29, 0.717) is 37.1 Å². The summed E-state index contributed by atoms with van der Waals surface area (Å²) >= 11 is 0. The molecule has 2 aliphatic rings. The summed E-state index contributed by atoms with van der Waals surface area (Å²) in [5, 5.41) is 0. The van der Waals surface area contributed by atoms with Crippen molar-refractivity contribution in [3.63, 3.8) is 0 Å². The smallest absolute Gasteiger partial charge is 0.261 e. The molecule has 0 aliphatic carbocycles. The van der Waals surface area contributed by atoms with Crippen LogP contribution in [-0.2, 0) is 4.79 Å². The van der Waals surface area contributed by atoms with Crippen LogP contribution in [-0.4, -0.2) is 71.7 Å². The molecular formula is C25H28ClN3O3. The minimum absolute atomic E-state index is 0. The molecule has 32 heavy (non-hydrogen) atoms. The van der Waals surface area contributed by atoms with Gasteiger partial charge < -0.3 is 4.90 Å². The maximum absolute atomic E-state index is 12.6. The third kappa shape index (κ3) is 5.44. The van der Waals surface area contributed by atoms with Crippen LogP contribution >= 0.6 is 12.4 Å². The van der Waals surface area contributed by atoms with E-state index in [1.54, 1.807) is 24.3 Å². The molecular weight excluding hydrogens is 426 g/mol. The minimum atomic E-state index is -0.259. The second kappa shape index (κ2) is 11.1. The van der Waals surface area contributed by atoms with E-state index in [4.69, 9.17) is 0 Å². The van der Waals surface area contributed by atoms with Crippen molar-refractivity contribution >= 4 is 36.2 Å². The molecule has 1 fully saturated rings. The molecule has 4 rings (SSSR count). The zero-order valence-electron chi connectivity index (χ0n) is 18.0. The van der Waals surface area contributed by atoms with Crippen molar-refractivity contribution in [3.05, 3.63) is 77.4 Å². The molecule has 0 saturated carbocycles. The molecule has 0 spiro atoms. The molecule has 2 aromatic rings. The van der Waals surface area contributed by atoms with E-state index in [0.717, 1.165) is 19.6 Å². The lowest BCUT2D eigenvalue weighted by Crippen LogP contribution is -2.48. The molecule has 2 heterocycles. The third-order valence-electron chi connectivity index (χ3n) is 5.85. The first-order chi connectivity index (χ1) is 15.1. The molecule has 7 heteroatoms. The number of carbonyl (C=O) groups excluding carboxylic acids is 3. The molecule has 3 amide bonds. The Morgan fingerprint density at radius 3 is 2.06 bits per heavy atom. The van der Waals surface area contributed by atoms with Gasteiger partial charge in [0.1, 0.15) is 0 Å². The van der Waals surface area contributed by atoms with E-state index in [-0.39, 0.29) is 36.7 Å². The van der Waals surface area contributed by atoms with Crippen LogP contribution in [0.3, 0.4) is 0 Å². The van der Waals surface area contributed by atoms with Gasteiger partial charge in [0.05, 0.1) is 11.1 Å². The number of benzene rings is 2. The van der Waals surface area contributed by atoms with E-state index in [2.05, 4.69) is 29.2 Å². The average Bonchev–Trinajstić information content (AvgIpc) is 3.05. The highest BCUT2D eigenvalue weighted by Gasteiger charge is 2.34. The normalized spacial score (nSPS) is 16.4. The number of rotatable bonds is 7. The van der Waals surface area contributed by atoms with Gasteiger partial charge in [-0.2, -0.15) is 0 Å². The Labute approximate surface area is 194 Å². The summed E-state index contributed by atoms with van der Waals surface area (Å²) in [6, 6.07) is 17.1.